The van der Waals surface area contributed by atoms with E-state index in [9.17, 15) is 18.0 Å². The zero-order valence-electron chi connectivity index (χ0n) is 23.3. The maximum Gasteiger partial charge on any atom is 0.344 e. The van der Waals surface area contributed by atoms with Gasteiger partial charge in [0.25, 0.3) is 15.9 Å². The summed E-state index contributed by atoms with van der Waals surface area (Å²) in [7, 11) is -4.01. The van der Waals surface area contributed by atoms with Crippen molar-refractivity contribution in [3.8, 4) is 5.75 Å². The number of anilines is 1. The molecule has 0 saturated carbocycles. The lowest BCUT2D eigenvalue weighted by molar-refractivity contribution is -0.157. The Morgan fingerprint density at radius 3 is 2.15 bits per heavy atom. The van der Waals surface area contributed by atoms with Crippen LogP contribution in [0.1, 0.15) is 51.7 Å². The SMILES string of the molecule is CC(C)c1ccc(N(CC(=O)N/N=C/c2ccc(OCC(=O)OC(C)(C)C)cc2)S(=O)(=O)c2ccccc2)cc1. The van der Waals surface area contributed by atoms with Crippen LogP contribution < -0.4 is 14.5 Å². The van der Waals surface area contributed by atoms with Crippen LogP contribution in [0.15, 0.2) is 88.9 Å². The molecule has 0 atom stereocenters. The van der Waals surface area contributed by atoms with Crippen LogP contribution in [-0.4, -0.2) is 45.3 Å². The van der Waals surface area contributed by atoms with E-state index in [1.54, 1.807) is 75.4 Å². The molecule has 3 rings (SSSR count). The van der Waals surface area contributed by atoms with Gasteiger partial charge in [-0.1, -0.05) is 44.2 Å². The first-order valence-corrected chi connectivity index (χ1v) is 14.2. The fourth-order valence-corrected chi connectivity index (χ4v) is 5.01. The summed E-state index contributed by atoms with van der Waals surface area (Å²) in [5.74, 6) is -0.338. The molecule has 9 nitrogen and oxygen atoms in total. The van der Waals surface area contributed by atoms with Crippen molar-refractivity contribution in [1.82, 2.24) is 5.43 Å². The lowest BCUT2D eigenvalue weighted by Crippen LogP contribution is -2.39. The largest absolute Gasteiger partial charge is 0.482 e. The first-order chi connectivity index (χ1) is 18.8. The molecule has 0 heterocycles. The van der Waals surface area contributed by atoms with E-state index in [2.05, 4.69) is 10.5 Å². The van der Waals surface area contributed by atoms with Gasteiger partial charge < -0.3 is 9.47 Å². The third kappa shape index (κ3) is 8.94. The molecule has 0 aliphatic rings. The van der Waals surface area contributed by atoms with Crippen LogP contribution in [0.2, 0.25) is 0 Å². The Labute approximate surface area is 235 Å². The standard InChI is InChI=1S/C30H35N3O6S/c1-22(2)24-13-15-25(16-14-24)33(40(36,37)27-9-7-6-8-10-27)20-28(34)32-31-19-23-11-17-26(18-12-23)38-21-29(35)39-30(3,4)5/h6-19,22H,20-21H2,1-5H3,(H,32,34)/b31-19+. The van der Waals surface area contributed by atoms with E-state index >= 15 is 0 Å². The Balaban J connectivity index is 1.66. The molecule has 0 bridgehead atoms. The highest BCUT2D eigenvalue weighted by atomic mass is 32.2. The first kappa shape index (κ1) is 30.4. The van der Waals surface area contributed by atoms with Crippen molar-refractivity contribution in [3.63, 3.8) is 0 Å². The monoisotopic (exact) mass is 565 g/mol. The quantitative estimate of drug-likeness (QED) is 0.201. The van der Waals surface area contributed by atoms with Gasteiger partial charge in [-0.25, -0.2) is 18.6 Å². The van der Waals surface area contributed by atoms with E-state index in [0.29, 0.717) is 17.0 Å². The summed E-state index contributed by atoms with van der Waals surface area (Å²) in [4.78, 5) is 24.7. The zero-order chi connectivity index (χ0) is 29.3. The van der Waals surface area contributed by atoms with Crippen LogP contribution in [0.25, 0.3) is 0 Å². The average Bonchev–Trinajstić information content (AvgIpc) is 2.91. The highest BCUT2D eigenvalue weighted by molar-refractivity contribution is 7.92. The van der Waals surface area contributed by atoms with Crippen LogP contribution in [0, 0.1) is 0 Å². The molecule has 0 aliphatic heterocycles. The van der Waals surface area contributed by atoms with Gasteiger partial charge in [-0.15, -0.1) is 0 Å². The smallest absolute Gasteiger partial charge is 0.344 e. The maximum atomic E-state index is 13.4. The molecule has 0 radical (unpaired) electrons. The average molecular weight is 566 g/mol. The van der Waals surface area contributed by atoms with E-state index in [1.807, 2.05) is 26.0 Å². The number of nitrogens with zero attached hydrogens (tertiary/aromatic N) is 2. The lowest BCUT2D eigenvalue weighted by atomic mass is 10.0. The summed E-state index contributed by atoms with van der Waals surface area (Å²) < 4.78 is 38.6. The van der Waals surface area contributed by atoms with Crippen molar-refractivity contribution >= 4 is 33.8 Å². The number of hydrazone groups is 1. The minimum Gasteiger partial charge on any atom is -0.482 e. The summed E-state index contributed by atoms with van der Waals surface area (Å²) >= 11 is 0. The Morgan fingerprint density at radius 1 is 0.950 bits per heavy atom. The van der Waals surface area contributed by atoms with Gasteiger partial charge in [0, 0.05) is 0 Å². The van der Waals surface area contributed by atoms with Crippen LogP contribution >= 0.6 is 0 Å². The van der Waals surface area contributed by atoms with Crippen LogP contribution in [-0.2, 0) is 24.3 Å². The highest BCUT2D eigenvalue weighted by Gasteiger charge is 2.27. The summed E-state index contributed by atoms with van der Waals surface area (Å²) in [5, 5.41) is 3.96. The molecular weight excluding hydrogens is 530 g/mol. The van der Waals surface area contributed by atoms with Crippen LogP contribution in [0.3, 0.4) is 0 Å². The Morgan fingerprint density at radius 2 is 1.57 bits per heavy atom. The normalized spacial score (nSPS) is 11.8. The van der Waals surface area contributed by atoms with Gasteiger partial charge in [0.1, 0.15) is 17.9 Å². The molecule has 0 unspecified atom stereocenters. The maximum absolute atomic E-state index is 13.4. The van der Waals surface area contributed by atoms with Gasteiger partial charge in [-0.2, -0.15) is 5.10 Å². The second-order valence-electron chi connectivity index (χ2n) is 10.3. The molecule has 0 aromatic heterocycles. The number of amides is 1. The van der Waals surface area contributed by atoms with E-state index in [-0.39, 0.29) is 17.4 Å². The number of hydrogen-bond acceptors (Lipinski definition) is 7. The lowest BCUT2D eigenvalue weighted by Gasteiger charge is -2.24. The minimum atomic E-state index is -4.01. The fraction of sp³-hybridized carbons (Fsp3) is 0.300. The highest BCUT2D eigenvalue weighted by Crippen LogP contribution is 2.25. The molecule has 3 aromatic carbocycles. The molecule has 0 aliphatic carbocycles. The van der Waals surface area contributed by atoms with E-state index < -0.39 is 34.0 Å². The number of hydrogen-bond donors (Lipinski definition) is 1. The third-order valence-electron chi connectivity index (χ3n) is 5.53. The zero-order valence-corrected chi connectivity index (χ0v) is 24.1. The third-order valence-corrected chi connectivity index (χ3v) is 7.31. The number of benzene rings is 3. The van der Waals surface area contributed by atoms with Crippen LogP contribution in [0.5, 0.6) is 5.75 Å². The number of nitrogens with one attached hydrogen (secondary N) is 1. The number of ether oxygens (including phenoxy) is 2. The fourth-order valence-electron chi connectivity index (χ4n) is 3.57. The van der Waals surface area contributed by atoms with Gasteiger partial charge in [0.15, 0.2) is 6.61 Å². The van der Waals surface area contributed by atoms with Crippen molar-refractivity contribution in [1.29, 1.82) is 0 Å². The van der Waals surface area contributed by atoms with E-state index in [1.165, 1.54) is 18.3 Å². The predicted molar refractivity (Wildman–Crippen MR) is 155 cm³/mol. The van der Waals surface area contributed by atoms with E-state index in [4.69, 9.17) is 9.47 Å². The number of carbonyl (C=O) groups excluding carboxylic acids is 2. The molecule has 212 valence electrons. The Bertz CT molecular complexity index is 1410. The molecule has 0 saturated heterocycles. The Hall–Kier alpha value is -4.18. The van der Waals surface area contributed by atoms with Crippen molar-refractivity contribution in [2.75, 3.05) is 17.5 Å². The molecule has 3 aromatic rings. The molecule has 0 fully saturated rings. The number of carbonyl (C=O) groups is 2. The summed E-state index contributed by atoms with van der Waals surface area (Å²) in [5.41, 5.74) is 3.88. The van der Waals surface area contributed by atoms with Crippen molar-refractivity contribution in [2.45, 2.75) is 51.0 Å². The number of esters is 1. The van der Waals surface area contributed by atoms with Gasteiger partial charge in [0.2, 0.25) is 0 Å². The van der Waals surface area contributed by atoms with Gasteiger partial charge in [-0.05, 0) is 86.3 Å². The Kier molecular flexibility index (Phi) is 10.1. The summed E-state index contributed by atoms with van der Waals surface area (Å²) in [6, 6.07) is 21.8. The van der Waals surface area contributed by atoms with Gasteiger partial charge >= 0.3 is 5.97 Å². The van der Waals surface area contributed by atoms with E-state index in [0.717, 1.165) is 9.87 Å². The second-order valence-corrected chi connectivity index (χ2v) is 12.2. The molecule has 0 spiro atoms. The van der Waals surface area contributed by atoms with Crippen molar-refractivity contribution in [3.05, 3.63) is 90.0 Å². The summed E-state index contributed by atoms with van der Waals surface area (Å²) in [6.07, 6.45) is 1.42. The first-order valence-electron chi connectivity index (χ1n) is 12.8. The number of rotatable bonds is 11. The molecular formula is C30H35N3O6S. The number of sulfonamides is 1. The van der Waals surface area contributed by atoms with Gasteiger partial charge in [-0.3, -0.25) is 9.10 Å². The summed E-state index contributed by atoms with van der Waals surface area (Å²) in [6.45, 7) is 8.74. The molecule has 1 amide bonds. The second kappa shape index (κ2) is 13.3. The van der Waals surface area contributed by atoms with Crippen LogP contribution in [0.4, 0.5) is 5.69 Å². The molecule has 1 N–H and O–H groups in total. The molecule has 10 heteroatoms. The van der Waals surface area contributed by atoms with Crippen molar-refractivity contribution < 1.29 is 27.5 Å². The predicted octanol–water partition coefficient (Wildman–Crippen LogP) is 4.88. The molecule has 40 heavy (non-hydrogen) atoms. The van der Waals surface area contributed by atoms with Gasteiger partial charge in [0.05, 0.1) is 16.8 Å². The topological polar surface area (TPSA) is 114 Å². The van der Waals surface area contributed by atoms with Crippen molar-refractivity contribution in [2.24, 2.45) is 5.10 Å². The minimum absolute atomic E-state index is 0.0771.